The number of nitrogens with one attached hydrogen (secondary N) is 1. The minimum Gasteiger partial charge on any atom is -0.310 e. The van der Waals surface area contributed by atoms with E-state index in [1.807, 2.05) is 11.8 Å². The second kappa shape index (κ2) is 7.96. The van der Waals surface area contributed by atoms with Crippen LogP contribution in [0.5, 0.6) is 0 Å². The van der Waals surface area contributed by atoms with Crippen LogP contribution in [0.3, 0.4) is 0 Å². The predicted molar refractivity (Wildman–Crippen MR) is 81.8 cm³/mol. The maximum atomic E-state index is 4.05. The fourth-order valence-electron chi connectivity index (χ4n) is 1.43. The van der Waals surface area contributed by atoms with Gasteiger partial charge in [-0.15, -0.1) is 11.8 Å². The predicted octanol–water partition coefficient (Wildman–Crippen LogP) is 4.49. The minimum atomic E-state index is 0.402. The highest BCUT2D eigenvalue weighted by molar-refractivity contribution is 9.10. The van der Waals surface area contributed by atoms with Crippen molar-refractivity contribution in [1.29, 1.82) is 0 Å². The van der Waals surface area contributed by atoms with Crippen LogP contribution in [0.15, 0.2) is 45.8 Å². The molecule has 1 unspecified atom stereocenters. The molecule has 1 N–H and O–H groups in total. The van der Waals surface area contributed by atoms with Crippen LogP contribution in [-0.2, 0) is 0 Å². The first-order chi connectivity index (χ1) is 8.13. The maximum absolute atomic E-state index is 4.05. The Balaban J connectivity index is 2.48. The van der Waals surface area contributed by atoms with E-state index in [0.29, 0.717) is 6.04 Å². The van der Waals surface area contributed by atoms with Gasteiger partial charge in [0.05, 0.1) is 0 Å². The van der Waals surface area contributed by atoms with Crippen LogP contribution < -0.4 is 5.32 Å². The average Bonchev–Trinajstić information content (AvgIpc) is 2.28. The SMILES string of the molecule is C=C(C)C(CSc1cccc(Br)c1)NCCC. The topological polar surface area (TPSA) is 12.0 Å². The summed E-state index contributed by atoms with van der Waals surface area (Å²) in [6.45, 7) is 9.38. The Morgan fingerprint density at radius 3 is 2.88 bits per heavy atom. The summed E-state index contributed by atoms with van der Waals surface area (Å²) in [5.74, 6) is 1.03. The van der Waals surface area contributed by atoms with Gasteiger partial charge in [0, 0.05) is 21.2 Å². The number of hydrogen-bond acceptors (Lipinski definition) is 2. The van der Waals surface area contributed by atoms with E-state index < -0.39 is 0 Å². The highest BCUT2D eigenvalue weighted by Crippen LogP contribution is 2.23. The zero-order valence-corrected chi connectivity index (χ0v) is 12.9. The van der Waals surface area contributed by atoms with Crippen LogP contribution in [0.4, 0.5) is 0 Å². The highest BCUT2D eigenvalue weighted by atomic mass is 79.9. The first-order valence-electron chi connectivity index (χ1n) is 5.90. The number of thioether (sulfide) groups is 1. The number of rotatable bonds is 7. The lowest BCUT2D eigenvalue weighted by Crippen LogP contribution is -2.32. The molecule has 1 aromatic rings. The van der Waals surface area contributed by atoms with E-state index in [2.05, 4.69) is 65.9 Å². The van der Waals surface area contributed by atoms with Crippen molar-refractivity contribution in [2.45, 2.75) is 31.2 Å². The van der Waals surface area contributed by atoms with Crippen LogP contribution in [0, 0.1) is 0 Å². The Hall–Kier alpha value is -0.250. The van der Waals surface area contributed by atoms with Gasteiger partial charge in [0.2, 0.25) is 0 Å². The average molecular weight is 314 g/mol. The number of hydrogen-bond donors (Lipinski definition) is 1. The standard InChI is InChI=1S/C14H20BrNS/c1-4-8-16-14(11(2)3)10-17-13-7-5-6-12(15)9-13/h5-7,9,14,16H,2,4,8,10H2,1,3H3. The molecule has 0 aliphatic rings. The molecule has 0 bridgehead atoms. The van der Waals surface area contributed by atoms with E-state index in [1.54, 1.807) is 0 Å². The van der Waals surface area contributed by atoms with E-state index in [1.165, 1.54) is 10.5 Å². The normalized spacial score (nSPS) is 12.4. The van der Waals surface area contributed by atoms with Gasteiger partial charge >= 0.3 is 0 Å². The number of halogens is 1. The summed E-state index contributed by atoms with van der Waals surface area (Å²) in [7, 11) is 0. The molecule has 0 aliphatic carbocycles. The van der Waals surface area contributed by atoms with Gasteiger partial charge < -0.3 is 5.32 Å². The molecule has 0 radical (unpaired) electrons. The molecule has 1 nitrogen and oxygen atoms in total. The molecule has 0 saturated heterocycles. The first kappa shape index (κ1) is 14.8. The van der Waals surface area contributed by atoms with E-state index >= 15 is 0 Å². The van der Waals surface area contributed by atoms with Gasteiger partial charge in [-0.25, -0.2) is 0 Å². The van der Waals surface area contributed by atoms with Crippen molar-refractivity contribution in [1.82, 2.24) is 5.32 Å². The fourth-order valence-corrected chi connectivity index (χ4v) is 3.13. The fraction of sp³-hybridized carbons (Fsp3) is 0.429. The van der Waals surface area contributed by atoms with Gasteiger partial charge in [0.25, 0.3) is 0 Å². The van der Waals surface area contributed by atoms with Crippen LogP contribution >= 0.6 is 27.7 Å². The molecule has 1 atom stereocenters. The van der Waals surface area contributed by atoms with Crippen molar-refractivity contribution < 1.29 is 0 Å². The highest BCUT2D eigenvalue weighted by Gasteiger charge is 2.08. The van der Waals surface area contributed by atoms with Gasteiger partial charge in [0.15, 0.2) is 0 Å². The lowest BCUT2D eigenvalue weighted by molar-refractivity contribution is 0.609. The summed E-state index contributed by atoms with van der Waals surface area (Å²) in [5, 5.41) is 3.52. The monoisotopic (exact) mass is 313 g/mol. The molecule has 0 fully saturated rings. The van der Waals surface area contributed by atoms with E-state index in [-0.39, 0.29) is 0 Å². The Labute approximate surface area is 117 Å². The smallest absolute Gasteiger partial charge is 0.0369 e. The van der Waals surface area contributed by atoms with Crippen LogP contribution in [-0.4, -0.2) is 18.3 Å². The Bertz CT molecular complexity index is 365. The zero-order valence-electron chi connectivity index (χ0n) is 10.5. The molecule has 1 aromatic carbocycles. The third-order valence-corrected chi connectivity index (χ3v) is 4.03. The molecule has 0 aliphatic heterocycles. The largest absolute Gasteiger partial charge is 0.310 e. The van der Waals surface area contributed by atoms with Crippen molar-refractivity contribution in [3.63, 3.8) is 0 Å². The summed E-state index contributed by atoms with van der Waals surface area (Å²) in [4.78, 5) is 1.30. The second-order valence-electron chi connectivity index (χ2n) is 4.12. The van der Waals surface area contributed by atoms with E-state index in [4.69, 9.17) is 0 Å². The van der Waals surface area contributed by atoms with Gasteiger partial charge in [-0.3, -0.25) is 0 Å². The lowest BCUT2D eigenvalue weighted by Gasteiger charge is -2.18. The van der Waals surface area contributed by atoms with E-state index in [9.17, 15) is 0 Å². The summed E-state index contributed by atoms with van der Waals surface area (Å²) in [6.07, 6.45) is 1.16. The number of benzene rings is 1. The van der Waals surface area contributed by atoms with E-state index in [0.717, 1.165) is 23.2 Å². The third kappa shape index (κ3) is 5.75. The van der Waals surface area contributed by atoms with Crippen molar-refractivity contribution in [2.24, 2.45) is 0 Å². The van der Waals surface area contributed by atoms with Crippen molar-refractivity contribution in [2.75, 3.05) is 12.3 Å². The van der Waals surface area contributed by atoms with Crippen molar-refractivity contribution >= 4 is 27.7 Å². The Kier molecular flexibility index (Phi) is 6.93. The molecule has 94 valence electrons. The van der Waals surface area contributed by atoms with Crippen LogP contribution in [0.2, 0.25) is 0 Å². The second-order valence-corrected chi connectivity index (χ2v) is 6.13. The summed E-state index contributed by atoms with van der Waals surface area (Å²) < 4.78 is 1.14. The Morgan fingerprint density at radius 1 is 1.53 bits per heavy atom. The molecule has 3 heteroatoms. The van der Waals surface area contributed by atoms with Gasteiger partial charge in [0.1, 0.15) is 0 Å². The summed E-state index contributed by atoms with van der Waals surface area (Å²) in [6, 6.07) is 8.82. The molecule has 0 amide bonds. The molecule has 0 heterocycles. The molecule has 0 spiro atoms. The van der Waals surface area contributed by atoms with Crippen LogP contribution in [0.25, 0.3) is 0 Å². The van der Waals surface area contributed by atoms with Gasteiger partial charge in [-0.1, -0.05) is 41.1 Å². The lowest BCUT2D eigenvalue weighted by atomic mass is 10.2. The molecular formula is C14H20BrNS. The maximum Gasteiger partial charge on any atom is 0.0369 e. The zero-order chi connectivity index (χ0) is 12.7. The van der Waals surface area contributed by atoms with Crippen molar-refractivity contribution in [3.05, 3.63) is 40.9 Å². The Morgan fingerprint density at radius 2 is 2.29 bits per heavy atom. The summed E-state index contributed by atoms with van der Waals surface area (Å²) >= 11 is 5.36. The van der Waals surface area contributed by atoms with Crippen molar-refractivity contribution in [3.8, 4) is 0 Å². The minimum absolute atomic E-state index is 0.402. The molecular weight excluding hydrogens is 294 g/mol. The van der Waals surface area contributed by atoms with Gasteiger partial charge in [-0.2, -0.15) is 0 Å². The third-order valence-electron chi connectivity index (χ3n) is 2.45. The molecule has 17 heavy (non-hydrogen) atoms. The summed E-state index contributed by atoms with van der Waals surface area (Å²) in [5.41, 5.74) is 1.21. The molecule has 0 saturated carbocycles. The van der Waals surface area contributed by atoms with Gasteiger partial charge in [-0.05, 0) is 38.1 Å². The quantitative estimate of drug-likeness (QED) is 0.588. The van der Waals surface area contributed by atoms with Crippen LogP contribution in [0.1, 0.15) is 20.3 Å². The molecule has 0 aromatic heterocycles. The molecule has 1 rings (SSSR count). The first-order valence-corrected chi connectivity index (χ1v) is 7.68.